The molecule has 35 heavy (non-hydrogen) atoms. The summed E-state index contributed by atoms with van der Waals surface area (Å²) in [7, 11) is 3.27. The molecule has 8 heteroatoms. The average Bonchev–Trinajstić information content (AvgIpc) is 3.43. The van der Waals surface area contributed by atoms with E-state index in [1.165, 1.54) is 0 Å². The summed E-state index contributed by atoms with van der Waals surface area (Å²) in [6.07, 6.45) is 1.80. The molecule has 0 amide bonds. The van der Waals surface area contributed by atoms with E-state index in [2.05, 4.69) is 51.0 Å². The zero-order chi connectivity index (χ0) is 24.5. The molecule has 2 aromatic carbocycles. The van der Waals surface area contributed by atoms with Gasteiger partial charge in [0.1, 0.15) is 17.5 Å². The minimum Gasteiger partial charge on any atom is -0.497 e. The summed E-state index contributed by atoms with van der Waals surface area (Å²) in [5.41, 5.74) is 4.99. The highest BCUT2D eigenvalue weighted by molar-refractivity contribution is 7.80. The Morgan fingerprint density at radius 1 is 0.943 bits per heavy atom. The Balaban J connectivity index is 1.68. The molecule has 0 unspecified atom stereocenters. The van der Waals surface area contributed by atoms with Crippen LogP contribution in [0.25, 0.3) is 5.69 Å². The Hall–Kier alpha value is -3.55. The van der Waals surface area contributed by atoms with Crippen molar-refractivity contribution in [2.75, 3.05) is 19.1 Å². The number of pyridine rings is 1. The molecule has 0 spiro atoms. The molecule has 1 aliphatic heterocycles. The Morgan fingerprint density at radius 3 is 2.37 bits per heavy atom. The number of methoxy groups -OCH3 is 2. The molecule has 0 saturated carbocycles. The van der Waals surface area contributed by atoms with E-state index in [9.17, 15) is 0 Å². The summed E-state index contributed by atoms with van der Waals surface area (Å²) in [5.74, 6) is 1.42. The number of hydrogen-bond acceptors (Lipinski definition) is 4. The van der Waals surface area contributed by atoms with E-state index in [1.54, 1.807) is 20.4 Å². The fourth-order valence-electron chi connectivity index (χ4n) is 4.61. The Bertz CT molecular complexity index is 1360. The number of hydrogen-bond donors (Lipinski definition) is 1. The van der Waals surface area contributed by atoms with Crippen LogP contribution in [0.3, 0.4) is 0 Å². The Morgan fingerprint density at radius 2 is 1.71 bits per heavy atom. The molecule has 2 atom stereocenters. The summed E-state index contributed by atoms with van der Waals surface area (Å²) < 4.78 is 13.0. The number of anilines is 1. The predicted octanol–water partition coefficient (Wildman–Crippen LogP) is 6.03. The van der Waals surface area contributed by atoms with Gasteiger partial charge in [0.05, 0.1) is 31.0 Å². The fraction of sp³-hybridized carbons (Fsp3) is 0.185. The van der Waals surface area contributed by atoms with Gasteiger partial charge in [0.25, 0.3) is 0 Å². The van der Waals surface area contributed by atoms with Gasteiger partial charge in [0.2, 0.25) is 0 Å². The number of thiocarbonyl (C=S) groups is 1. The van der Waals surface area contributed by atoms with Crippen LogP contribution in [0, 0.1) is 6.92 Å². The van der Waals surface area contributed by atoms with E-state index in [4.69, 9.17) is 33.3 Å². The number of aryl methyl sites for hydroxylation is 1. The first-order valence-corrected chi connectivity index (χ1v) is 12.0. The van der Waals surface area contributed by atoms with Gasteiger partial charge in [0, 0.05) is 29.0 Å². The number of nitrogens with one attached hydrogen (secondary N) is 1. The predicted molar refractivity (Wildman–Crippen MR) is 143 cm³/mol. The molecule has 1 N–H and O–H groups in total. The van der Waals surface area contributed by atoms with Crippen molar-refractivity contribution in [1.29, 1.82) is 0 Å². The van der Waals surface area contributed by atoms with Crippen LogP contribution in [-0.2, 0) is 0 Å². The number of aromatic nitrogens is 2. The summed E-state index contributed by atoms with van der Waals surface area (Å²) in [6.45, 7) is 2.10. The molecule has 2 aromatic heterocycles. The molecule has 0 radical (unpaired) electrons. The highest BCUT2D eigenvalue weighted by Gasteiger charge is 2.42. The lowest BCUT2D eigenvalue weighted by Crippen LogP contribution is -2.30. The zero-order valence-electron chi connectivity index (χ0n) is 19.6. The molecule has 1 fully saturated rings. The van der Waals surface area contributed by atoms with Crippen molar-refractivity contribution in [2.24, 2.45) is 0 Å². The van der Waals surface area contributed by atoms with Gasteiger partial charge < -0.3 is 24.3 Å². The van der Waals surface area contributed by atoms with Crippen LogP contribution in [-0.4, -0.2) is 28.9 Å². The highest BCUT2D eigenvalue weighted by atomic mass is 35.5. The summed E-state index contributed by atoms with van der Waals surface area (Å²) in [4.78, 5) is 6.76. The summed E-state index contributed by atoms with van der Waals surface area (Å²) in [6, 6.07) is 23.6. The zero-order valence-corrected chi connectivity index (χ0v) is 21.2. The lowest BCUT2D eigenvalue weighted by molar-refractivity contribution is 0.414. The van der Waals surface area contributed by atoms with Crippen LogP contribution in [0.15, 0.2) is 79.0 Å². The third-order valence-electron chi connectivity index (χ3n) is 6.25. The second kappa shape index (κ2) is 9.60. The Labute approximate surface area is 215 Å². The monoisotopic (exact) mass is 504 g/mol. The van der Waals surface area contributed by atoms with Crippen molar-refractivity contribution in [3.05, 3.63) is 101 Å². The van der Waals surface area contributed by atoms with Gasteiger partial charge in [-0.05, 0) is 85.9 Å². The van der Waals surface area contributed by atoms with Gasteiger partial charge in [-0.15, -0.1) is 0 Å². The number of benzene rings is 2. The van der Waals surface area contributed by atoms with Crippen LogP contribution in [0.1, 0.15) is 29.2 Å². The molecule has 1 aliphatic rings. The molecule has 0 aliphatic carbocycles. The quantitative estimate of drug-likeness (QED) is 0.324. The van der Waals surface area contributed by atoms with Crippen LogP contribution in [0.2, 0.25) is 5.02 Å². The van der Waals surface area contributed by atoms with Gasteiger partial charge in [-0.25, -0.2) is 0 Å². The van der Waals surface area contributed by atoms with Gasteiger partial charge >= 0.3 is 0 Å². The van der Waals surface area contributed by atoms with Gasteiger partial charge in [-0.3, -0.25) is 4.98 Å². The standard InChI is InChI=1S/C27H25ClN4O2S/c1-17-7-13-23(31(17)18-8-11-20(33-2)12-9-18)26-25(22-6-4-5-15-29-22)30-27(35)32(26)19-10-14-24(34-3)21(28)16-19/h4-16,25-26H,1-3H3,(H,30,35)/t25-,26+/m1/s1. The third kappa shape index (κ3) is 4.22. The topological polar surface area (TPSA) is 51.5 Å². The fourth-order valence-corrected chi connectivity index (χ4v) is 5.21. The normalized spacial score (nSPS) is 17.4. The number of ether oxygens (including phenoxy) is 2. The number of rotatable bonds is 6. The summed E-state index contributed by atoms with van der Waals surface area (Å²) in [5, 5.41) is 4.64. The summed E-state index contributed by atoms with van der Waals surface area (Å²) >= 11 is 12.4. The van der Waals surface area contributed by atoms with Gasteiger partial charge in [-0.2, -0.15) is 0 Å². The second-order valence-electron chi connectivity index (χ2n) is 8.25. The largest absolute Gasteiger partial charge is 0.497 e. The second-order valence-corrected chi connectivity index (χ2v) is 9.04. The molecular weight excluding hydrogens is 480 g/mol. The first-order valence-electron chi connectivity index (χ1n) is 11.2. The van der Waals surface area contributed by atoms with Crippen molar-refractivity contribution in [2.45, 2.75) is 19.0 Å². The SMILES string of the molecule is COc1ccc(-n2c(C)ccc2[C@H]2[C@@H](c3ccccn3)NC(=S)N2c2ccc(OC)c(Cl)c2)cc1. The van der Waals surface area contributed by atoms with E-state index in [1.807, 2.05) is 48.5 Å². The maximum atomic E-state index is 6.52. The number of halogens is 1. The van der Waals surface area contributed by atoms with Crippen molar-refractivity contribution < 1.29 is 9.47 Å². The minimum absolute atomic E-state index is 0.170. The molecule has 178 valence electrons. The first kappa shape index (κ1) is 23.2. The van der Waals surface area contributed by atoms with Crippen LogP contribution < -0.4 is 19.7 Å². The molecule has 6 nitrogen and oxygen atoms in total. The van der Waals surface area contributed by atoms with Crippen molar-refractivity contribution >= 4 is 34.6 Å². The minimum atomic E-state index is -0.183. The molecule has 4 aromatic rings. The number of nitrogens with zero attached hydrogens (tertiary/aromatic N) is 3. The Kier molecular flexibility index (Phi) is 6.36. The molecular formula is C27H25ClN4O2S. The van der Waals surface area contributed by atoms with Crippen LogP contribution >= 0.6 is 23.8 Å². The van der Waals surface area contributed by atoms with Crippen molar-refractivity contribution in [1.82, 2.24) is 14.9 Å². The average molecular weight is 505 g/mol. The highest BCUT2D eigenvalue weighted by Crippen LogP contribution is 2.44. The lowest BCUT2D eigenvalue weighted by Gasteiger charge is -2.29. The van der Waals surface area contributed by atoms with E-state index >= 15 is 0 Å². The van der Waals surface area contributed by atoms with E-state index in [0.29, 0.717) is 15.9 Å². The third-order valence-corrected chi connectivity index (χ3v) is 6.86. The van der Waals surface area contributed by atoms with E-state index in [-0.39, 0.29) is 12.1 Å². The molecule has 0 bridgehead atoms. The maximum absolute atomic E-state index is 6.52. The van der Waals surface area contributed by atoms with E-state index < -0.39 is 0 Å². The maximum Gasteiger partial charge on any atom is 0.174 e. The van der Waals surface area contributed by atoms with Crippen LogP contribution in [0.5, 0.6) is 11.5 Å². The molecule has 5 rings (SSSR count). The van der Waals surface area contributed by atoms with Crippen LogP contribution in [0.4, 0.5) is 5.69 Å². The molecule has 1 saturated heterocycles. The van der Waals surface area contributed by atoms with Gasteiger partial charge in [0.15, 0.2) is 5.11 Å². The first-order chi connectivity index (χ1) is 17.0. The smallest absolute Gasteiger partial charge is 0.174 e. The van der Waals surface area contributed by atoms with E-state index in [0.717, 1.165) is 34.2 Å². The lowest BCUT2D eigenvalue weighted by atomic mass is 10.0. The molecule has 3 heterocycles. The van der Waals surface area contributed by atoms with Gasteiger partial charge in [-0.1, -0.05) is 17.7 Å². The van der Waals surface area contributed by atoms with Crippen molar-refractivity contribution in [3.8, 4) is 17.2 Å². The van der Waals surface area contributed by atoms with Crippen molar-refractivity contribution in [3.63, 3.8) is 0 Å².